The Morgan fingerprint density at radius 1 is 1.32 bits per heavy atom. The number of nitrogens with one attached hydrogen (secondary N) is 1. The molecule has 0 aliphatic carbocycles. The molecule has 1 aliphatic rings. The highest BCUT2D eigenvalue weighted by atomic mass is 35.5. The van der Waals surface area contributed by atoms with Gasteiger partial charge in [0.2, 0.25) is 0 Å². The Morgan fingerprint density at radius 2 is 2.08 bits per heavy atom. The van der Waals surface area contributed by atoms with Crippen LogP contribution in [-0.2, 0) is 11.2 Å². The van der Waals surface area contributed by atoms with Crippen LogP contribution in [-0.4, -0.2) is 25.1 Å². The van der Waals surface area contributed by atoms with E-state index in [2.05, 4.69) is 5.32 Å². The van der Waals surface area contributed by atoms with E-state index in [4.69, 9.17) is 16.3 Å². The van der Waals surface area contributed by atoms with Crippen molar-refractivity contribution in [1.29, 1.82) is 0 Å². The topological polar surface area (TPSA) is 41.6 Å². The molecule has 2 aromatic carbocycles. The molecule has 1 amide bonds. The number of hydrogen-bond acceptors (Lipinski definition) is 3. The summed E-state index contributed by atoms with van der Waals surface area (Å²) in [5, 5.41) is 3.32. The third-order valence-corrected chi connectivity index (χ3v) is 4.59. The van der Waals surface area contributed by atoms with Gasteiger partial charge in [-0.05, 0) is 55.8 Å². The number of benzene rings is 2. The minimum atomic E-state index is -0.644. The molecule has 6 heteroatoms. The first kappa shape index (κ1) is 17.5. The largest absolute Gasteiger partial charge is 0.480 e. The van der Waals surface area contributed by atoms with E-state index in [1.807, 2.05) is 25.8 Å². The summed E-state index contributed by atoms with van der Waals surface area (Å²) in [6.07, 6.45) is -0.201. The molecule has 0 aromatic heterocycles. The Labute approximate surface area is 151 Å². The minimum Gasteiger partial charge on any atom is -0.480 e. The van der Waals surface area contributed by atoms with Gasteiger partial charge in [0.25, 0.3) is 5.91 Å². The molecule has 0 saturated carbocycles. The molecular formula is C19H20ClFN2O2. The van der Waals surface area contributed by atoms with Gasteiger partial charge < -0.3 is 15.0 Å². The van der Waals surface area contributed by atoms with Gasteiger partial charge >= 0.3 is 0 Å². The zero-order valence-electron chi connectivity index (χ0n) is 14.3. The molecule has 132 valence electrons. The quantitative estimate of drug-likeness (QED) is 0.883. The lowest BCUT2D eigenvalue weighted by molar-refractivity contribution is -0.122. The molecule has 3 rings (SSSR count). The number of hydrogen-bond donors (Lipinski definition) is 1. The molecule has 1 heterocycles. The van der Waals surface area contributed by atoms with Crippen molar-refractivity contribution < 1.29 is 13.9 Å². The van der Waals surface area contributed by atoms with Crippen LogP contribution in [0.3, 0.4) is 0 Å². The fourth-order valence-electron chi connectivity index (χ4n) is 2.74. The standard InChI is InChI=1S/C19H20ClFN2O2/c1-11(2)23(3)16-6-5-14(10-15(16)21)22-19(24)18-9-12-8-13(20)4-7-17(12)25-18/h4-8,10-11,18H,9H2,1-3H3,(H,22,24). The van der Waals surface area contributed by atoms with Crippen LogP contribution in [0.2, 0.25) is 5.02 Å². The molecule has 4 nitrogen and oxygen atoms in total. The second kappa shape index (κ2) is 6.92. The highest BCUT2D eigenvalue weighted by molar-refractivity contribution is 6.30. The van der Waals surface area contributed by atoms with Gasteiger partial charge in [-0.2, -0.15) is 0 Å². The van der Waals surface area contributed by atoms with Crippen molar-refractivity contribution in [3.05, 3.63) is 52.8 Å². The molecule has 0 bridgehead atoms. The van der Waals surface area contributed by atoms with Gasteiger partial charge in [0.1, 0.15) is 11.6 Å². The second-order valence-corrected chi connectivity index (χ2v) is 6.86. The minimum absolute atomic E-state index is 0.173. The normalized spacial score (nSPS) is 15.7. The van der Waals surface area contributed by atoms with Crippen molar-refractivity contribution in [3.8, 4) is 5.75 Å². The number of halogens is 2. The van der Waals surface area contributed by atoms with Crippen LogP contribution < -0.4 is 15.0 Å². The number of nitrogens with zero attached hydrogens (tertiary/aromatic N) is 1. The van der Waals surface area contributed by atoms with Gasteiger partial charge in [0.15, 0.2) is 6.10 Å². The summed E-state index contributed by atoms with van der Waals surface area (Å²) < 4.78 is 20.0. The first-order valence-electron chi connectivity index (χ1n) is 8.13. The van der Waals surface area contributed by atoms with E-state index >= 15 is 0 Å². The Hall–Kier alpha value is -2.27. The van der Waals surface area contributed by atoms with E-state index in [0.29, 0.717) is 28.6 Å². The zero-order chi connectivity index (χ0) is 18.1. The smallest absolute Gasteiger partial charge is 0.265 e. The van der Waals surface area contributed by atoms with Crippen LogP contribution in [0.1, 0.15) is 19.4 Å². The van der Waals surface area contributed by atoms with Gasteiger partial charge in [0.05, 0.1) is 5.69 Å². The van der Waals surface area contributed by atoms with Crippen LogP contribution in [0.5, 0.6) is 5.75 Å². The summed E-state index contributed by atoms with van der Waals surface area (Å²) >= 11 is 5.96. The summed E-state index contributed by atoms with van der Waals surface area (Å²) in [7, 11) is 1.83. The van der Waals surface area contributed by atoms with Crippen molar-refractivity contribution in [2.75, 3.05) is 17.3 Å². The maximum Gasteiger partial charge on any atom is 0.265 e. The first-order valence-corrected chi connectivity index (χ1v) is 8.51. The average molecular weight is 363 g/mol. The highest BCUT2D eigenvalue weighted by Crippen LogP contribution is 2.31. The van der Waals surface area contributed by atoms with Crippen LogP contribution >= 0.6 is 11.6 Å². The Bertz CT molecular complexity index is 810. The lowest BCUT2D eigenvalue weighted by Gasteiger charge is -2.24. The van der Waals surface area contributed by atoms with Crippen LogP contribution in [0.25, 0.3) is 0 Å². The molecule has 0 fully saturated rings. The van der Waals surface area contributed by atoms with Gasteiger partial charge in [-0.25, -0.2) is 4.39 Å². The summed E-state index contributed by atoms with van der Waals surface area (Å²) in [6.45, 7) is 3.97. The third-order valence-electron chi connectivity index (χ3n) is 4.36. The van der Waals surface area contributed by atoms with Crippen molar-refractivity contribution in [3.63, 3.8) is 0 Å². The number of rotatable bonds is 4. The van der Waals surface area contributed by atoms with Gasteiger partial charge in [0, 0.05) is 30.2 Å². The maximum absolute atomic E-state index is 14.3. The molecule has 2 aromatic rings. The summed E-state index contributed by atoms with van der Waals surface area (Å²) in [5.41, 5.74) is 1.79. The second-order valence-electron chi connectivity index (χ2n) is 6.42. The van der Waals surface area contributed by atoms with E-state index in [0.717, 1.165) is 5.56 Å². The Balaban J connectivity index is 1.69. The SMILES string of the molecule is CC(C)N(C)c1ccc(NC(=O)C2Cc3cc(Cl)ccc3O2)cc1F. The van der Waals surface area contributed by atoms with Gasteiger partial charge in [-0.15, -0.1) is 0 Å². The lowest BCUT2D eigenvalue weighted by Crippen LogP contribution is -2.31. The number of amides is 1. The molecule has 25 heavy (non-hydrogen) atoms. The summed E-state index contributed by atoms with van der Waals surface area (Å²) in [5.74, 6) is -0.0299. The van der Waals surface area contributed by atoms with Gasteiger partial charge in [-0.3, -0.25) is 4.79 Å². The lowest BCUT2D eigenvalue weighted by atomic mass is 10.1. The predicted octanol–water partition coefficient (Wildman–Crippen LogP) is 4.27. The average Bonchev–Trinajstić information content (AvgIpc) is 2.97. The molecule has 1 N–H and O–H groups in total. The molecule has 0 spiro atoms. The predicted molar refractivity (Wildman–Crippen MR) is 98.1 cm³/mol. The van der Waals surface area contributed by atoms with Crippen LogP contribution in [0, 0.1) is 5.82 Å². The number of fused-ring (bicyclic) bond motifs is 1. The van der Waals surface area contributed by atoms with E-state index < -0.39 is 6.10 Å². The molecule has 0 radical (unpaired) electrons. The van der Waals surface area contributed by atoms with Crippen LogP contribution in [0.15, 0.2) is 36.4 Å². The van der Waals surface area contributed by atoms with Crippen molar-refractivity contribution in [2.45, 2.75) is 32.4 Å². The molecular weight excluding hydrogens is 343 g/mol. The number of anilines is 2. The van der Waals surface area contributed by atoms with Crippen LogP contribution in [0.4, 0.5) is 15.8 Å². The number of carbonyl (C=O) groups is 1. The van der Waals surface area contributed by atoms with E-state index in [1.54, 1.807) is 30.3 Å². The monoisotopic (exact) mass is 362 g/mol. The number of ether oxygens (including phenoxy) is 1. The summed E-state index contributed by atoms with van der Waals surface area (Å²) in [6, 6.07) is 10.1. The van der Waals surface area contributed by atoms with Crippen molar-refractivity contribution >= 4 is 28.9 Å². The van der Waals surface area contributed by atoms with Crippen molar-refractivity contribution in [2.24, 2.45) is 0 Å². The van der Waals surface area contributed by atoms with Crippen molar-refractivity contribution in [1.82, 2.24) is 0 Å². The highest BCUT2D eigenvalue weighted by Gasteiger charge is 2.29. The third kappa shape index (κ3) is 3.71. The van der Waals surface area contributed by atoms with E-state index in [-0.39, 0.29) is 17.8 Å². The van der Waals surface area contributed by atoms with E-state index in [1.165, 1.54) is 6.07 Å². The summed E-state index contributed by atoms with van der Waals surface area (Å²) in [4.78, 5) is 14.2. The Kier molecular flexibility index (Phi) is 4.86. The number of carbonyl (C=O) groups excluding carboxylic acids is 1. The maximum atomic E-state index is 14.3. The molecule has 1 atom stereocenters. The van der Waals surface area contributed by atoms with Gasteiger partial charge in [-0.1, -0.05) is 11.6 Å². The first-order chi connectivity index (χ1) is 11.8. The molecule has 0 saturated heterocycles. The Morgan fingerprint density at radius 3 is 2.76 bits per heavy atom. The molecule has 1 aliphatic heterocycles. The fraction of sp³-hybridized carbons (Fsp3) is 0.316. The zero-order valence-corrected chi connectivity index (χ0v) is 15.1. The van der Waals surface area contributed by atoms with E-state index in [9.17, 15) is 9.18 Å². The molecule has 1 unspecified atom stereocenters. The fourth-order valence-corrected chi connectivity index (χ4v) is 2.93.